The van der Waals surface area contributed by atoms with Gasteiger partial charge in [0.15, 0.2) is 0 Å². The summed E-state index contributed by atoms with van der Waals surface area (Å²) in [5.41, 5.74) is 2.02. The van der Waals surface area contributed by atoms with E-state index in [1.54, 1.807) is 0 Å². The number of benzene rings is 1. The summed E-state index contributed by atoms with van der Waals surface area (Å²) in [5, 5.41) is 9.04. The van der Waals surface area contributed by atoms with Gasteiger partial charge in [0.1, 0.15) is 10.9 Å². The Balaban J connectivity index is 2.38. The zero-order valence-corrected chi connectivity index (χ0v) is 11.2. The van der Waals surface area contributed by atoms with Crippen LogP contribution in [0.4, 0.5) is 0 Å². The third-order valence-corrected chi connectivity index (χ3v) is 2.77. The van der Waals surface area contributed by atoms with Crippen molar-refractivity contribution in [2.75, 3.05) is 0 Å². The van der Waals surface area contributed by atoms with Gasteiger partial charge in [-0.2, -0.15) is 0 Å². The van der Waals surface area contributed by atoms with E-state index in [0.717, 1.165) is 11.1 Å². The van der Waals surface area contributed by atoms with Gasteiger partial charge in [-0.1, -0.05) is 23.7 Å². The Hall–Kier alpha value is -2.07. The van der Waals surface area contributed by atoms with E-state index in [1.165, 1.54) is 12.1 Å². The first-order chi connectivity index (χ1) is 8.95. The summed E-state index contributed by atoms with van der Waals surface area (Å²) in [6, 6.07) is 8.37. The molecule has 0 aliphatic carbocycles. The lowest BCUT2D eigenvalue weighted by molar-refractivity contribution is 0.0696. The van der Waals surface area contributed by atoms with E-state index in [4.69, 9.17) is 21.4 Å². The highest BCUT2D eigenvalue weighted by atomic mass is 35.5. The number of hydrogen-bond donors (Lipinski definition) is 1. The molecule has 1 N–H and O–H groups in total. The highest BCUT2D eigenvalue weighted by Crippen LogP contribution is 2.26. The fourth-order valence-corrected chi connectivity index (χ4v) is 1.78. The summed E-state index contributed by atoms with van der Waals surface area (Å²) in [7, 11) is 0. The Morgan fingerprint density at radius 2 is 2.00 bits per heavy atom. The van der Waals surface area contributed by atoms with Gasteiger partial charge in [-0.05, 0) is 37.1 Å². The van der Waals surface area contributed by atoms with Gasteiger partial charge in [-0.3, -0.25) is 0 Å². The Bertz CT molecular complexity index is 641. The molecule has 5 heteroatoms. The molecule has 0 radical (unpaired) electrons. The van der Waals surface area contributed by atoms with Gasteiger partial charge in [-0.15, -0.1) is 0 Å². The Morgan fingerprint density at radius 3 is 2.68 bits per heavy atom. The molecule has 0 unspecified atom stereocenters. The molecule has 0 spiro atoms. The van der Waals surface area contributed by atoms with Crippen molar-refractivity contribution < 1.29 is 14.6 Å². The van der Waals surface area contributed by atoms with Crippen LogP contribution in [0.25, 0.3) is 0 Å². The molecule has 19 heavy (non-hydrogen) atoms. The second-order valence-electron chi connectivity index (χ2n) is 4.19. The third kappa shape index (κ3) is 3.23. The molecule has 0 atom stereocenters. The topological polar surface area (TPSA) is 59.4 Å². The average Bonchev–Trinajstić information content (AvgIpc) is 2.33. The Kier molecular flexibility index (Phi) is 3.71. The summed E-state index contributed by atoms with van der Waals surface area (Å²) in [6.07, 6.45) is 0. The number of rotatable bonds is 3. The number of aromatic carboxylic acids is 1. The molecule has 1 aromatic heterocycles. The van der Waals surface area contributed by atoms with Gasteiger partial charge >= 0.3 is 5.97 Å². The Morgan fingerprint density at radius 1 is 1.26 bits per heavy atom. The summed E-state index contributed by atoms with van der Waals surface area (Å²) >= 11 is 5.78. The first-order valence-electron chi connectivity index (χ1n) is 5.61. The van der Waals surface area contributed by atoms with Crippen LogP contribution >= 0.6 is 11.6 Å². The minimum absolute atomic E-state index is 0.0420. The first kappa shape index (κ1) is 13.4. The molecule has 0 bridgehead atoms. The van der Waals surface area contributed by atoms with Crippen LogP contribution in [-0.4, -0.2) is 16.1 Å². The van der Waals surface area contributed by atoms with E-state index >= 15 is 0 Å². The molecular formula is C14H12ClNO3. The fourth-order valence-electron chi connectivity index (χ4n) is 1.58. The van der Waals surface area contributed by atoms with Crippen molar-refractivity contribution in [3.05, 3.63) is 52.2 Å². The van der Waals surface area contributed by atoms with Crippen molar-refractivity contribution >= 4 is 17.6 Å². The normalized spacial score (nSPS) is 10.3. The highest BCUT2D eigenvalue weighted by molar-refractivity contribution is 6.29. The lowest BCUT2D eigenvalue weighted by atomic mass is 10.1. The number of carboxylic acids is 1. The van der Waals surface area contributed by atoms with Gasteiger partial charge in [0.2, 0.25) is 5.88 Å². The van der Waals surface area contributed by atoms with E-state index < -0.39 is 5.97 Å². The second kappa shape index (κ2) is 5.28. The molecule has 98 valence electrons. The predicted molar refractivity (Wildman–Crippen MR) is 72.2 cm³/mol. The number of carbonyl (C=O) groups is 1. The summed E-state index contributed by atoms with van der Waals surface area (Å²) in [4.78, 5) is 14.9. The molecule has 4 nitrogen and oxygen atoms in total. The Labute approximate surface area is 115 Å². The van der Waals surface area contributed by atoms with Crippen molar-refractivity contribution in [3.8, 4) is 11.6 Å². The summed E-state index contributed by atoms with van der Waals surface area (Å²) in [5.74, 6) is -0.278. The van der Waals surface area contributed by atoms with Crippen LogP contribution < -0.4 is 4.74 Å². The predicted octanol–water partition coefficient (Wildman–Crippen LogP) is 3.84. The maximum atomic E-state index is 10.9. The quantitative estimate of drug-likeness (QED) is 0.866. The van der Waals surface area contributed by atoms with Crippen LogP contribution in [0.5, 0.6) is 11.6 Å². The van der Waals surface area contributed by atoms with Crippen LogP contribution in [-0.2, 0) is 0 Å². The number of carboxylic acid groups (broad SMARTS) is 1. The van der Waals surface area contributed by atoms with Gasteiger partial charge in [0, 0.05) is 6.07 Å². The maximum Gasteiger partial charge on any atom is 0.335 e. The van der Waals surface area contributed by atoms with Crippen LogP contribution in [0.15, 0.2) is 30.3 Å². The third-order valence-electron chi connectivity index (χ3n) is 2.58. The van der Waals surface area contributed by atoms with Gasteiger partial charge in [-0.25, -0.2) is 9.78 Å². The molecule has 0 fully saturated rings. The van der Waals surface area contributed by atoms with Gasteiger partial charge < -0.3 is 9.84 Å². The standard InChI is InChI=1S/C14H12ClNO3/c1-8-3-4-9(2)11(5-8)19-13-7-10(14(17)18)6-12(15)16-13/h3-7H,1-2H3,(H,17,18). The number of hydrogen-bond acceptors (Lipinski definition) is 3. The van der Waals surface area contributed by atoms with E-state index in [0.29, 0.717) is 5.75 Å². The van der Waals surface area contributed by atoms with E-state index in [-0.39, 0.29) is 16.6 Å². The lowest BCUT2D eigenvalue weighted by Gasteiger charge is -2.09. The number of halogens is 1. The number of aryl methyl sites for hydroxylation is 2. The molecule has 0 aliphatic heterocycles. The van der Waals surface area contributed by atoms with Gasteiger partial charge in [0.05, 0.1) is 5.56 Å². The van der Waals surface area contributed by atoms with E-state index in [1.807, 2.05) is 32.0 Å². The van der Waals surface area contributed by atoms with Crippen LogP contribution in [0, 0.1) is 13.8 Å². The maximum absolute atomic E-state index is 10.9. The summed E-state index contributed by atoms with van der Waals surface area (Å²) in [6.45, 7) is 3.85. The van der Waals surface area contributed by atoms with Gasteiger partial charge in [0.25, 0.3) is 0 Å². The molecule has 0 amide bonds. The van der Waals surface area contributed by atoms with E-state index in [2.05, 4.69) is 4.98 Å². The SMILES string of the molecule is Cc1ccc(C)c(Oc2cc(C(=O)O)cc(Cl)n2)c1. The minimum Gasteiger partial charge on any atom is -0.478 e. The van der Waals surface area contributed by atoms with Crippen LogP contribution in [0.3, 0.4) is 0 Å². The fraction of sp³-hybridized carbons (Fsp3) is 0.143. The zero-order chi connectivity index (χ0) is 14.0. The average molecular weight is 278 g/mol. The monoisotopic (exact) mass is 277 g/mol. The number of aromatic nitrogens is 1. The molecule has 0 aliphatic rings. The largest absolute Gasteiger partial charge is 0.478 e. The van der Waals surface area contributed by atoms with Crippen molar-refractivity contribution in [1.82, 2.24) is 4.98 Å². The van der Waals surface area contributed by atoms with Crippen LogP contribution in [0.1, 0.15) is 21.5 Å². The second-order valence-corrected chi connectivity index (χ2v) is 4.58. The first-order valence-corrected chi connectivity index (χ1v) is 5.99. The molecule has 1 aromatic carbocycles. The highest BCUT2D eigenvalue weighted by Gasteiger charge is 2.10. The molecule has 1 heterocycles. The van der Waals surface area contributed by atoms with Crippen molar-refractivity contribution in [3.63, 3.8) is 0 Å². The molecular weight excluding hydrogens is 266 g/mol. The summed E-state index contributed by atoms with van der Waals surface area (Å²) < 4.78 is 5.60. The van der Waals surface area contributed by atoms with Crippen molar-refractivity contribution in [2.24, 2.45) is 0 Å². The molecule has 0 saturated carbocycles. The zero-order valence-electron chi connectivity index (χ0n) is 10.5. The van der Waals surface area contributed by atoms with Crippen LogP contribution in [0.2, 0.25) is 5.15 Å². The minimum atomic E-state index is -1.07. The number of pyridine rings is 1. The molecule has 2 aromatic rings. The number of ether oxygens (including phenoxy) is 1. The van der Waals surface area contributed by atoms with Crippen molar-refractivity contribution in [2.45, 2.75) is 13.8 Å². The van der Waals surface area contributed by atoms with E-state index in [9.17, 15) is 4.79 Å². The smallest absolute Gasteiger partial charge is 0.335 e. The lowest BCUT2D eigenvalue weighted by Crippen LogP contribution is -1.99. The molecule has 2 rings (SSSR count). The number of nitrogens with zero attached hydrogens (tertiary/aromatic N) is 1. The molecule has 0 saturated heterocycles. The van der Waals surface area contributed by atoms with Crippen molar-refractivity contribution in [1.29, 1.82) is 0 Å².